The van der Waals surface area contributed by atoms with Gasteiger partial charge in [0.05, 0.1) is 22.4 Å². The first-order valence-corrected chi connectivity index (χ1v) is 29.4. The highest BCUT2D eigenvalue weighted by Crippen LogP contribution is 2.47. The Balaban J connectivity index is 0.849. The van der Waals surface area contributed by atoms with E-state index in [-0.39, 0.29) is 0 Å². The SMILES string of the molecule is c1ccc(-c2c(-c3ccccc3)n(-c3ccccc3)c3ccc(-c4ccc(N(c5ccc(-c6ccc7c(c6)c(-c6ccccc6)c(-c6ccccc6)n7-c6ccccc6)cc5)c5ccc(N(c6ccccc6)c6ccccc6)cc5)cc4)cc23)cc1. The summed E-state index contributed by atoms with van der Waals surface area (Å²) in [7, 11) is 0. The van der Waals surface area contributed by atoms with Crippen molar-refractivity contribution in [3.05, 3.63) is 352 Å². The molecule has 0 radical (unpaired) electrons. The van der Waals surface area contributed by atoms with Gasteiger partial charge < -0.3 is 18.9 Å². The standard InChI is InChI=1S/C82H58N4/c1-9-25-61(26-10-1)79-75-57-65(45-55-77(75)85(69-37-21-7-22-38-69)81(79)63-29-13-3-14-30-63)59-41-47-71(48-42-59)84(74-53-51-73(52-54-74)83(67-33-17-5-18-34-67)68-35-19-6-20-36-68)72-49-43-60(44-50-72)66-46-56-78-76(58-66)80(62-27-11-2-12-28-62)82(64-31-15-4-16-32-64)86(78)70-39-23-8-24-40-70/h1-58H. The molecule has 4 nitrogen and oxygen atoms in total. The molecule has 0 aliphatic rings. The van der Waals surface area contributed by atoms with Gasteiger partial charge in [-0.15, -0.1) is 0 Å². The van der Waals surface area contributed by atoms with Crippen molar-refractivity contribution in [3.63, 3.8) is 0 Å². The first-order valence-electron chi connectivity index (χ1n) is 29.4. The lowest BCUT2D eigenvalue weighted by Crippen LogP contribution is -2.12. The Hall–Kier alpha value is -11.5. The molecule has 13 aromatic carbocycles. The van der Waals surface area contributed by atoms with Crippen molar-refractivity contribution in [1.82, 2.24) is 9.13 Å². The van der Waals surface area contributed by atoms with Crippen LogP contribution < -0.4 is 9.80 Å². The summed E-state index contributed by atoms with van der Waals surface area (Å²) in [5, 5.41) is 2.39. The second-order valence-corrected chi connectivity index (χ2v) is 21.7. The molecule has 86 heavy (non-hydrogen) atoms. The summed E-state index contributed by atoms with van der Waals surface area (Å²) >= 11 is 0. The van der Waals surface area contributed by atoms with E-state index < -0.39 is 0 Å². The van der Waals surface area contributed by atoms with Gasteiger partial charge in [0.15, 0.2) is 0 Å². The van der Waals surface area contributed by atoms with Crippen LogP contribution in [0.25, 0.3) is 100 Å². The maximum absolute atomic E-state index is 2.43. The van der Waals surface area contributed by atoms with Gasteiger partial charge in [0.1, 0.15) is 0 Å². The number of anilines is 6. The Morgan fingerprint density at radius 1 is 0.186 bits per heavy atom. The van der Waals surface area contributed by atoms with Gasteiger partial charge in [-0.1, -0.05) is 231 Å². The van der Waals surface area contributed by atoms with E-state index in [1.807, 2.05) is 0 Å². The van der Waals surface area contributed by atoms with Gasteiger partial charge >= 0.3 is 0 Å². The topological polar surface area (TPSA) is 16.3 Å². The number of benzene rings is 13. The van der Waals surface area contributed by atoms with Crippen LogP contribution in [0, 0.1) is 0 Å². The predicted molar refractivity (Wildman–Crippen MR) is 362 cm³/mol. The van der Waals surface area contributed by atoms with Crippen LogP contribution in [0.4, 0.5) is 34.1 Å². The maximum atomic E-state index is 2.43. The molecule has 0 unspecified atom stereocenters. The minimum Gasteiger partial charge on any atom is -0.311 e. The molecule has 0 atom stereocenters. The van der Waals surface area contributed by atoms with Crippen LogP contribution in [0.5, 0.6) is 0 Å². The summed E-state index contributed by atoms with van der Waals surface area (Å²) in [5.41, 5.74) is 25.0. The Bertz CT molecular complexity index is 4490. The number of fused-ring (bicyclic) bond motifs is 2. The Labute approximate surface area is 502 Å². The fourth-order valence-electron chi connectivity index (χ4n) is 12.6. The largest absolute Gasteiger partial charge is 0.311 e. The van der Waals surface area contributed by atoms with Crippen molar-refractivity contribution < 1.29 is 0 Å². The lowest BCUT2D eigenvalue weighted by Gasteiger charge is -2.28. The van der Waals surface area contributed by atoms with Crippen LogP contribution in [0.15, 0.2) is 352 Å². The van der Waals surface area contributed by atoms with Gasteiger partial charge in [0, 0.05) is 67.4 Å². The predicted octanol–water partition coefficient (Wildman–Crippen LogP) is 22.5. The van der Waals surface area contributed by atoms with Crippen molar-refractivity contribution >= 4 is 55.9 Å². The summed E-state index contributed by atoms with van der Waals surface area (Å²) in [6.07, 6.45) is 0. The van der Waals surface area contributed by atoms with Crippen LogP contribution in [-0.4, -0.2) is 9.13 Å². The van der Waals surface area contributed by atoms with Crippen molar-refractivity contribution in [3.8, 4) is 78.4 Å². The average Bonchev–Trinajstić information content (AvgIpc) is 1.91. The third-order valence-corrected chi connectivity index (χ3v) is 16.5. The molecule has 15 aromatic rings. The molecule has 0 aliphatic heterocycles. The number of hydrogen-bond donors (Lipinski definition) is 0. The zero-order chi connectivity index (χ0) is 57.2. The van der Waals surface area contributed by atoms with Crippen LogP contribution in [0.3, 0.4) is 0 Å². The third kappa shape index (κ3) is 9.61. The second kappa shape index (κ2) is 22.7. The zero-order valence-corrected chi connectivity index (χ0v) is 47.3. The summed E-state index contributed by atoms with van der Waals surface area (Å²) in [6.45, 7) is 0. The van der Waals surface area contributed by atoms with Crippen LogP contribution in [0.2, 0.25) is 0 Å². The van der Waals surface area contributed by atoms with E-state index in [1.165, 1.54) is 55.5 Å². The van der Waals surface area contributed by atoms with Crippen molar-refractivity contribution in [2.75, 3.05) is 9.80 Å². The van der Waals surface area contributed by atoms with Crippen LogP contribution in [-0.2, 0) is 0 Å². The lowest BCUT2D eigenvalue weighted by molar-refractivity contribution is 1.13. The van der Waals surface area contributed by atoms with E-state index in [4.69, 9.17) is 0 Å². The van der Waals surface area contributed by atoms with Crippen LogP contribution >= 0.6 is 0 Å². The minimum absolute atomic E-state index is 1.05. The molecule has 0 saturated heterocycles. The summed E-state index contributed by atoms with van der Waals surface area (Å²) in [4.78, 5) is 4.68. The summed E-state index contributed by atoms with van der Waals surface area (Å²) in [5.74, 6) is 0. The summed E-state index contributed by atoms with van der Waals surface area (Å²) in [6, 6.07) is 127. The second-order valence-electron chi connectivity index (χ2n) is 21.7. The number of rotatable bonds is 14. The lowest BCUT2D eigenvalue weighted by atomic mass is 9.96. The van der Waals surface area contributed by atoms with E-state index >= 15 is 0 Å². The molecule has 0 saturated carbocycles. The molecule has 4 heteroatoms. The molecular weight excluding hydrogens is 1040 g/mol. The number of aromatic nitrogens is 2. The smallest absolute Gasteiger partial charge is 0.0619 e. The molecule has 15 rings (SSSR count). The first kappa shape index (κ1) is 51.4. The highest BCUT2D eigenvalue weighted by Gasteiger charge is 2.25. The third-order valence-electron chi connectivity index (χ3n) is 16.5. The van der Waals surface area contributed by atoms with Gasteiger partial charge in [0.2, 0.25) is 0 Å². The van der Waals surface area contributed by atoms with Gasteiger partial charge in [-0.3, -0.25) is 0 Å². The average molecular weight is 1100 g/mol. The molecule has 2 aromatic heterocycles. The molecule has 0 aliphatic carbocycles. The van der Waals surface area contributed by atoms with E-state index in [0.29, 0.717) is 0 Å². The van der Waals surface area contributed by atoms with Crippen molar-refractivity contribution in [2.45, 2.75) is 0 Å². The fraction of sp³-hybridized carbons (Fsp3) is 0. The van der Waals surface area contributed by atoms with E-state index in [0.717, 1.165) is 78.8 Å². The minimum atomic E-state index is 1.05. The maximum Gasteiger partial charge on any atom is 0.0619 e. The molecule has 2 heterocycles. The number of para-hydroxylation sites is 4. The fourth-order valence-corrected chi connectivity index (χ4v) is 12.6. The molecular formula is C82H58N4. The van der Waals surface area contributed by atoms with Crippen molar-refractivity contribution in [1.29, 1.82) is 0 Å². The highest BCUT2D eigenvalue weighted by atomic mass is 15.2. The van der Waals surface area contributed by atoms with Gasteiger partial charge in [0.25, 0.3) is 0 Å². The van der Waals surface area contributed by atoms with Gasteiger partial charge in [-0.25, -0.2) is 0 Å². The van der Waals surface area contributed by atoms with E-state index in [9.17, 15) is 0 Å². The molecule has 406 valence electrons. The Morgan fingerprint density at radius 2 is 0.430 bits per heavy atom. The Morgan fingerprint density at radius 3 is 0.744 bits per heavy atom. The highest BCUT2D eigenvalue weighted by molar-refractivity contribution is 6.09. The quantitative estimate of drug-likeness (QED) is 0.108. The number of nitrogens with zero attached hydrogens (tertiary/aromatic N) is 4. The Kier molecular flexibility index (Phi) is 13.6. The normalized spacial score (nSPS) is 11.3. The molecule has 0 fully saturated rings. The van der Waals surface area contributed by atoms with E-state index in [1.54, 1.807) is 0 Å². The first-order chi connectivity index (χ1) is 42.7. The van der Waals surface area contributed by atoms with Crippen molar-refractivity contribution in [2.24, 2.45) is 0 Å². The molecule has 0 amide bonds. The molecule has 0 spiro atoms. The van der Waals surface area contributed by atoms with Gasteiger partial charge in [-0.05, 0) is 166 Å². The van der Waals surface area contributed by atoms with Gasteiger partial charge in [-0.2, -0.15) is 0 Å². The van der Waals surface area contributed by atoms with Crippen LogP contribution in [0.1, 0.15) is 0 Å². The molecule has 0 bridgehead atoms. The summed E-state index contributed by atoms with van der Waals surface area (Å²) < 4.78 is 4.86. The monoisotopic (exact) mass is 1100 g/mol. The van der Waals surface area contributed by atoms with E-state index in [2.05, 4.69) is 371 Å². The number of hydrogen-bond acceptors (Lipinski definition) is 2. The zero-order valence-electron chi connectivity index (χ0n) is 47.3. The molecule has 0 N–H and O–H groups in total.